The van der Waals surface area contributed by atoms with Crippen LogP contribution >= 0.6 is 0 Å². The smallest absolute Gasteiger partial charge is 0.243 e. The normalized spacial score (nSPS) is 28.2. The Hall–Kier alpha value is -0.980. The molecule has 6 heteroatoms. The minimum absolute atomic E-state index is 0.179. The second-order valence-electron chi connectivity index (χ2n) is 4.65. The molecule has 2 heterocycles. The van der Waals surface area contributed by atoms with Crippen LogP contribution in [0.1, 0.15) is 6.92 Å². The molecule has 0 spiro atoms. The van der Waals surface area contributed by atoms with Gasteiger partial charge in [0, 0.05) is 39.3 Å². The van der Waals surface area contributed by atoms with E-state index < -0.39 is 0 Å². The number of hydrogen-bond acceptors (Lipinski definition) is 5. The SMILES string of the molecule is CC1C(=O)NC(=O)CN1CCN1CCNCC1. The molecule has 2 fully saturated rings. The average molecular weight is 240 g/mol. The van der Waals surface area contributed by atoms with Gasteiger partial charge in [0.1, 0.15) is 0 Å². The van der Waals surface area contributed by atoms with Crippen molar-refractivity contribution in [1.29, 1.82) is 0 Å². The summed E-state index contributed by atoms with van der Waals surface area (Å²) >= 11 is 0. The van der Waals surface area contributed by atoms with E-state index in [4.69, 9.17) is 0 Å². The van der Waals surface area contributed by atoms with Crippen LogP contribution in [0.15, 0.2) is 0 Å². The van der Waals surface area contributed by atoms with E-state index in [1.54, 1.807) is 0 Å². The lowest BCUT2D eigenvalue weighted by atomic mass is 10.2. The van der Waals surface area contributed by atoms with Crippen LogP contribution in [0.3, 0.4) is 0 Å². The van der Waals surface area contributed by atoms with Crippen LogP contribution < -0.4 is 10.6 Å². The zero-order valence-electron chi connectivity index (χ0n) is 10.2. The second-order valence-corrected chi connectivity index (χ2v) is 4.65. The molecular formula is C11H20N4O2. The van der Waals surface area contributed by atoms with Gasteiger partial charge >= 0.3 is 0 Å². The molecule has 17 heavy (non-hydrogen) atoms. The Balaban J connectivity index is 1.80. The van der Waals surface area contributed by atoms with Crippen molar-refractivity contribution in [3.63, 3.8) is 0 Å². The molecule has 0 aromatic carbocycles. The Bertz CT molecular complexity index is 302. The molecule has 0 bridgehead atoms. The lowest BCUT2D eigenvalue weighted by Crippen LogP contribution is -2.58. The summed E-state index contributed by atoms with van der Waals surface area (Å²) in [4.78, 5) is 27.1. The van der Waals surface area contributed by atoms with E-state index in [1.165, 1.54) is 0 Å². The first kappa shape index (κ1) is 12.5. The van der Waals surface area contributed by atoms with Gasteiger partial charge in [0.2, 0.25) is 11.8 Å². The van der Waals surface area contributed by atoms with Gasteiger partial charge < -0.3 is 5.32 Å². The molecule has 0 saturated carbocycles. The standard InChI is InChI=1S/C11H20N4O2/c1-9-11(17)13-10(16)8-15(9)7-6-14-4-2-12-3-5-14/h9,12H,2-8H2,1H3,(H,13,16,17). The van der Waals surface area contributed by atoms with E-state index in [1.807, 2.05) is 11.8 Å². The van der Waals surface area contributed by atoms with Crippen molar-refractivity contribution in [2.24, 2.45) is 0 Å². The predicted octanol–water partition coefficient (Wildman–Crippen LogP) is -1.76. The molecule has 0 aliphatic carbocycles. The summed E-state index contributed by atoms with van der Waals surface area (Å²) in [6.45, 7) is 8.01. The molecule has 2 amide bonds. The molecule has 1 unspecified atom stereocenters. The third kappa shape index (κ3) is 3.24. The maximum atomic E-state index is 11.5. The van der Waals surface area contributed by atoms with Gasteiger partial charge in [-0.3, -0.25) is 24.7 Å². The number of nitrogens with one attached hydrogen (secondary N) is 2. The molecule has 96 valence electrons. The molecule has 1 atom stereocenters. The minimum atomic E-state index is -0.199. The van der Waals surface area contributed by atoms with Gasteiger partial charge in [-0.25, -0.2) is 0 Å². The predicted molar refractivity (Wildman–Crippen MR) is 63.5 cm³/mol. The van der Waals surface area contributed by atoms with Gasteiger partial charge in [0.05, 0.1) is 12.6 Å². The fraction of sp³-hybridized carbons (Fsp3) is 0.818. The monoisotopic (exact) mass is 240 g/mol. The molecular weight excluding hydrogens is 220 g/mol. The number of imide groups is 1. The van der Waals surface area contributed by atoms with Gasteiger partial charge in [0.15, 0.2) is 0 Å². The number of amides is 2. The summed E-state index contributed by atoms with van der Waals surface area (Å²) in [6, 6.07) is -0.199. The molecule has 0 radical (unpaired) electrons. The highest BCUT2D eigenvalue weighted by atomic mass is 16.2. The largest absolute Gasteiger partial charge is 0.314 e. The fourth-order valence-electron chi connectivity index (χ4n) is 2.25. The van der Waals surface area contributed by atoms with E-state index in [9.17, 15) is 9.59 Å². The number of piperazine rings is 2. The number of rotatable bonds is 3. The quantitative estimate of drug-likeness (QED) is 0.572. The van der Waals surface area contributed by atoms with Crippen molar-refractivity contribution in [2.45, 2.75) is 13.0 Å². The lowest BCUT2D eigenvalue weighted by molar-refractivity contribution is -0.139. The van der Waals surface area contributed by atoms with E-state index in [0.29, 0.717) is 6.54 Å². The van der Waals surface area contributed by atoms with Crippen molar-refractivity contribution in [2.75, 3.05) is 45.8 Å². The minimum Gasteiger partial charge on any atom is -0.314 e. The number of hydrogen-bond donors (Lipinski definition) is 2. The van der Waals surface area contributed by atoms with Crippen molar-refractivity contribution in [3.8, 4) is 0 Å². The molecule has 2 N–H and O–H groups in total. The highest BCUT2D eigenvalue weighted by Crippen LogP contribution is 2.05. The molecule has 2 aliphatic rings. The van der Waals surface area contributed by atoms with Crippen LogP contribution in [0, 0.1) is 0 Å². The summed E-state index contributed by atoms with van der Waals surface area (Å²) in [6.07, 6.45) is 0. The lowest BCUT2D eigenvalue weighted by Gasteiger charge is -2.34. The molecule has 2 rings (SSSR count). The topological polar surface area (TPSA) is 64.7 Å². The zero-order chi connectivity index (χ0) is 12.3. The van der Waals surface area contributed by atoms with Gasteiger partial charge in [-0.15, -0.1) is 0 Å². The maximum Gasteiger partial charge on any atom is 0.243 e. The number of nitrogens with zero attached hydrogens (tertiary/aromatic N) is 2. The first-order chi connectivity index (χ1) is 8.16. The molecule has 0 aromatic heterocycles. The van der Waals surface area contributed by atoms with E-state index >= 15 is 0 Å². The maximum absolute atomic E-state index is 11.5. The Labute approximate surface area is 101 Å². The summed E-state index contributed by atoms with van der Waals surface area (Å²) in [5.41, 5.74) is 0. The molecule has 2 aliphatic heterocycles. The number of carbonyl (C=O) groups is 2. The highest BCUT2D eigenvalue weighted by Gasteiger charge is 2.30. The Morgan fingerprint density at radius 3 is 2.65 bits per heavy atom. The third-order valence-electron chi connectivity index (χ3n) is 3.45. The van der Waals surface area contributed by atoms with Crippen LogP contribution in [0.2, 0.25) is 0 Å². The van der Waals surface area contributed by atoms with Crippen molar-refractivity contribution in [3.05, 3.63) is 0 Å². The summed E-state index contributed by atoms with van der Waals surface area (Å²) < 4.78 is 0. The summed E-state index contributed by atoms with van der Waals surface area (Å²) in [5.74, 6) is -0.366. The van der Waals surface area contributed by atoms with Crippen molar-refractivity contribution < 1.29 is 9.59 Å². The van der Waals surface area contributed by atoms with Crippen molar-refractivity contribution in [1.82, 2.24) is 20.4 Å². The highest BCUT2D eigenvalue weighted by molar-refractivity contribution is 6.00. The van der Waals surface area contributed by atoms with Gasteiger partial charge in [0.25, 0.3) is 0 Å². The van der Waals surface area contributed by atoms with Gasteiger partial charge in [-0.2, -0.15) is 0 Å². The van der Waals surface area contributed by atoms with Crippen LogP contribution in [0.4, 0.5) is 0 Å². The van der Waals surface area contributed by atoms with Crippen LogP contribution in [0.5, 0.6) is 0 Å². The summed E-state index contributed by atoms with van der Waals surface area (Å²) in [7, 11) is 0. The Morgan fingerprint density at radius 1 is 1.24 bits per heavy atom. The van der Waals surface area contributed by atoms with Crippen LogP contribution in [-0.4, -0.2) is 73.5 Å². The number of carbonyl (C=O) groups excluding carboxylic acids is 2. The van der Waals surface area contributed by atoms with E-state index in [2.05, 4.69) is 15.5 Å². The van der Waals surface area contributed by atoms with Gasteiger partial charge in [-0.1, -0.05) is 0 Å². The third-order valence-corrected chi connectivity index (χ3v) is 3.45. The Morgan fingerprint density at radius 2 is 1.94 bits per heavy atom. The molecule has 0 aromatic rings. The molecule has 6 nitrogen and oxygen atoms in total. The second kappa shape index (κ2) is 5.57. The average Bonchev–Trinajstić information content (AvgIpc) is 2.33. The van der Waals surface area contributed by atoms with Crippen LogP contribution in [0.25, 0.3) is 0 Å². The van der Waals surface area contributed by atoms with E-state index in [-0.39, 0.29) is 17.9 Å². The van der Waals surface area contributed by atoms with Crippen molar-refractivity contribution >= 4 is 11.8 Å². The summed E-state index contributed by atoms with van der Waals surface area (Å²) in [5, 5.41) is 5.66. The Kier molecular flexibility index (Phi) is 4.09. The first-order valence-corrected chi connectivity index (χ1v) is 6.17. The van der Waals surface area contributed by atoms with E-state index in [0.717, 1.165) is 39.3 Å². The first-order valence-electron chi connectivity index (χ1n) is 6.17. The molecule has 2 saturated heterocycles. The van der Waals surface area contributed by atoms with Crippen LogP contribution in [-0.2, 0) is 9.59 Å². The zero-order valence-corrected chi connectivity index (χ0v) is 10.2. The van der Waals surface area contributed by atoms with Gasteiger partial charge in [-0.05, 0) is 6.92 Å². The fourth-order valence-corrected chi connectivity index (χ4v) is 2.25.